The zero-order valence-electron chi connectivity index (χ0n) is 19.1. The van der Waals surface area contributed by atoms with E-state index in [0.717, 1.165) is 33.9 Å². The van der Waals surface area contributed by atoms with E-state index in [-0.39, 0.29) is 0 Å². The molecule has 0 saturated heterocycles. The van der Waals surface area contributed by atoms with Crippen LogP contribution in [-0.4, -0.2) is 19.3 Å². The molecule has 168 valence electrons. The van der Waals surface area contributed by atoms with Gasteiger partial charge in [0.05, 0.1) is 16.8 Å². The van der Waals surface area contributed by atoms with Gasteiger partial charge in [0, 0.05) is 24.8 Å². The van der Waals surface area contributed by atoms with Gasteiger partial charge in [-0.25, -0.2) is 9.67 Å². The van der Waals surface area contributed by atoms with Crippen LogP contribution in [0.3, 0.4) is 0 Å². The lowest BCUT2D eigenvalue weighted by Gasteiger charge is -2.33. The van der Waals surface area contributed by atoms with Crippen molar-refractivity contribution in [1.82, 2.24) is 19.3 Å². The molecule has 0 fully saturated rings. The Morgan fingerprint density at radius 3 is 1.80 bits per heavy atom. The third-order valence-electron chi connectivity index (χ3n) is 6.45. The van der Waals surface area contributed by atoms with E-state index in [2.05, 4.69) is 107 Å². The molecule has 0 N–H and O–H groups in total. The van der Waals surface area contributed by atoms with Gasteiger partial charge >= 0.3 is 0 Å². The van der Waals surface area contributed by atoms with Crippen LogP contribution in [0.1, 0.15) is 22.4 Å². The van der Waals surface area contributed by atoms with Gasteiger partial charge in [-0.15, -0.1) is 0 Å². The van der Waals surface area contributed by atoms with Crippen LogP contribution >= 0.6 is 0 Å². The number of hydrogen-bond donors (Lipinski definition) is 0. The summed E-state index contributed by atoms with van der Waals surface area (Å²) in [7, 11) is 0. The first kappa shape index (κ1) is 20.9. The minimum absolute atomic E-state index is 0.609. The number of pyridine rings is 1. The molecule has 6 aromatic rings. The van der Waals surface area contributed by atoms with Gasteiger partial charge in [0.1, 0.15) is 5.82 Å². The van der Waals surface area contributed by atoms with Gasteiger partial charge in [-0.3, -0.25) is 0 Å². The number of para-hydroxylation sites is 1. The van der Waals surface area contributed by atoms with E-state index in [0.29, 0.717) is 0 Å². The Hall–Kier alpha value is -4.70. The molecule has 0 aliphatic heterocycles. The Bertz CT molecular complexity index is 1400. The van der Waals surface area contributed by atoms with E-state index in [1.54, 1.807) is 0 Å². The topological polar surface area (TPSA) is 35.6 Å². The van der Waals surface area contributed by atoms with Gasteiger partial charge in [-0.2, -0.15) is 5.10 Å². The third kappa shape index (κ3) is 3.65. The van der Waals surface area contributed by atoms with Crippen molar-refractivity contribution >= 4 is 0 Å². The molecule has 4 nitrogen and oxygen atoms in total. The minimum Gasteiger partial charge on any atom is -0.308 e. The Labute approximate surface area is 204 Å². The highest BCUT2D eigenvalue weighted by Gasteiger charge is 2.41. The Balaban J connectivity index is 1.62. The predicted octanol–water partition coefficient (Wildman–Crippen LogP) is 6.44. The molecule has 35 heavy (non-hydrogen) atoms. The second-order valence-electron chi connectivity index (χ2n) is 8.46. The molecule has 0 unspecified atom stereocenters. The van der Waals surface area contributed by atoms with Gasteiger partial charge in [0.25, 0.3) is 0 Å². The summed E-state index contributed by atoms with van der Waals surface area (Å²) in [6.45, 7) is 0. The molecule has 0 aliphatic carbocycles. The first-order valence-corrected chi connectivity index (χ1v) is 11.7. The molecular formula is C31H24N4. The Kier molecular flexibility index (Phi) is 5.32. The van der Waals surface area contributed by atoms with Crippen molar-refractivity contribution in [3.8, 4) is 11.5 Å². The summed E-state index contributed by atoms with van der Waals surface area (Å²) < 4.78 is 4.02. The summed E-state index contributed by atoms with van der Waals surface area (Å²) in [5.41, 5.74) is 4.81. The van der Waals surface area contributed by atoms with Crippen molar-refractivity contribution < 1.29 is 0 Å². The lowest BCUT2D eigenvalue weighted by molar-refractivity contribution is 0.690. The molecule has 0 atom stereocenters. The number of nitrogens with zero attached hydrogens (tertiary/aromatic N) is 4. The molecule has 0 radical (unpaired) electrons. The van der Waals surface area contributed by atoms with Crippen LogP contribution in [0.5, 0.6) is 0 Å². The summed E-state index contributed by atoms with van der Waals surface area (Å²) in [5.74, 6) is 0.878. The van der Waals surface area contributed by atoms with Gasteiger partial charge in [0.2, 0.25) is 0 Å². The quantitative estimate of drug-likeness (QED) is 0.291. The van der Waals surface area contributed by atoms with E-state index in [4.69, 9.17) is 5.10 Å². The van der Waals surface area contributed by atoms with Gasteiger partial charge in [-0.1, -0.05) is 84.9 Å². The zero-order chi connectivity index (χ0) is 23.5. The Morgan fingerprint density at radius 2 is 1.17 bits per heavy atom. The van der Waals surface area contributed by atoms with Crippen molar-refractivity contribution in [3.63, 3.8) is 0 Å². The first-order valence-electron chi connectivity index (χ1n) is 11.7. The fourth-order valence-electron chi connectivity index (χ4n) is 4.84. The van der Waals surface area contributed by atoms with E-state index in [1.807, 2.05) is 53.5 Å². The standard InChI is InChI=1S/C31H24N4/c1-4-12-25(13-5-1)31(26-14-6-2-7-15-26,27-19-22-34(24-27)30-18-10-11-21-32-30)29-20-23-35(33-29)28-16-8-3-9-17-28/h1-24H. The number of benzene rings is 3. The molecule has 3 heterocycles. The van der Waals surface area contributed by atoms with Crippen LogP contribution in [0.4, 0.5) is 0 Å². The summed E-state index contributed by atoms with van der Waals surface area (Å²) in [6, 6.07) is 41.7. The Morgan fingerprint density at radius 1 is 0.543 bits per heavy atom. The second kappa shape index (κ2) is 8.92. The molecule has 0 aliphatic rings. The van der Waals surface area contributed by atoms with Crippen molar-refractivity contribution in [2.45, 2.75) is 5.41 Å². The second-order valence-corrected chi connectivity index (χ2v) is 8.46. The van der Waals surface area contributed by atoms with Crippen LogP contribution in [0.2, 0.25) is 0 Å². The highest BCUT2D eigenvalue weighted by Crippen LogP contribution is 2.44. The van der Waals surface area contributed by atoms with E-state index in [9.17, 15) is 0 Å². The molecule has 0 saturated carbocycles. The van der Waals surface area contributed by atoms with Crippen LogP contribution in [-0.2, 0) is 5.41 Å². The van der Waals surface area contributed by atoms with Crippen molar-refractivity contribution in [2.75, 3.05) is 0 Å². The summed E-state index contributed by atoms with van der Waals surface area (Å²) in [5, 5.41) is 5.16. The average molecular weight is 453 g/mol. The highest BCUT2D eigenvalue weighted by atomic mass is 15.3. The fraction of sp³-hybridized carbons (Fsp3) is 0.0323. The monoisotopic (exact) mass is 452 g/mol. The molecule has 3 aromatic carbocycles. The molecule has 0 amide bonds. The first-order chi connectivity index (χ1) is 17.4. The number of hydrogen-bond acceptors (Lipinski definition) is 2. The fourth-order valence-corrected chi connectivity index (χ4v) is 4.84. The van der Waals surface area contributed by atoms with Crippen molar-refractivity contribution in [2.24, 2.45) is 0 Å². The van der Waals surface area contributed by atoms with Crippen molar-refractivity contribution in [1.29, 1.82) is 0 Å². The smallest absolute Gasteiger partial charge is 0.136 e. The van der Waals surface area contributed by atoms with Crippen LogP contribution < -0.4 is 0 Å². The van der Waals surface area contributed by atoms with E-state index in [1.165, 1.54) is 0 Å². The number of aromatic nitrogens is 4. The van der Waals surface area contributed by atoms with E-state index < -0.39 is 5.41 Å². The van der Waals surface area contributed by atoms with Crippen LogP contribution in [0.25, 0.3) is 11.5 Å². The predicted molar refractivity (Wildman–Crippen MR) is 139 cm³/mol. The normalized spacial score (nSPS) is 11.4. The zero-order valence-corrected chi connectivity index (χ0v) is 19.1. The molecule has 4 heteroatoms. The highest BCUT2D eigenvalue weighted by molar-refractivity contribution is 5.58. The largest absolute Gasteiger partial charge is 0.308 e. The lowest BCUT2D eigenvalue weighted by Crippen LogP contribution is -2.31. The molecule has 0 bridgehead atoms. The maximum absolute atomic E-state index is 5.16. The molecule has 3 aromatic heterocycles. The molecule has 6 rings (SSSR count). The summed E-state index contributed by atoms with van der Waals surface area (Å²) >= 11 is 0. The summed E-state index contributed by atoms with van der Waals surface area (Å²) in [6.07, 6.45) is 8.11. The summed E-state index contributed by atoms with van der Waals surface area (Å²) in [4.78, 5) is 4.55. The van der Waals surface area contributed by atoms with Crippen molar-refractivity contribution in [3.05, 3.63) is 168 Å². The van der Waals surface area contributed by atoms with E-state index >= 15 is 0 Å². The minimum atomic E-state index is -0.609. The van der Waals surface area contributed by atoms with Gasteiger partial charge in [0.15, 0.2) is 0 Å². The molecular weight excluding hydrogens is 428 g/mol. The van der Waals surface area contributed by atoms with Crippen LogP contribution in [0, 0.1) is 0 Å². The third-order valence-corrected chi connectivity index (χ3v) is 6.45. The van der Waals surface area contributed by atoms with Crippen LogP contribution in [0.15, 0.2) is 146 Å². The van der Waals surface area contributed by atoms with Gasteiger partial charge < -0.3 is 4.57 Å². The maximum Gasteiger partial charge on any atom is 0.136 e. The molecule has 0 spiro atoms. The number of rotatable bonds is 6. The average Bonchev–Trinajstić information content (AvgIpc) is 3.63. The lowest BCUT2D eigenvalue weighted by atomic mass is 9.68. The van der Waals surface area contributed by atoms with Gasteiger partial charge in [-0.05, 0) is 53.1 Å². The SMILES string of the molecule is c1ccc(-n2ccc(C(c3ccccc3)(c3ccccc3)c3ccn(-c4ccccn4)c3)n2)cc1. The maximum atomic E-state index is 5.16.